The molecule has 0 aromatic heterocycles. The van der Waals surface area contributed by atoms with Crippen LogP contribution in [-0.2, 0) is 14.8 Å². The van der Waals surface area contributed by atoms with Crippen LogP contribution in [0.15, 0.2) is 0 Å². The van der Waals surface area contributed by atoms with Crippen LogP contribution in [0.4, 0.5) is 0 Å². The summed E-state index contributed by atoms with van der Waals surface area (Å²) in [5.41, 5.74) is 0. The quantitative estimate of drug-likeness (QED) is 0.570. The van der Waals surface area contributed by atoms with E-state index in [1.165, 1.54) is 4.31 Å². The molecule has 0 unspecified atom stereocenters. The first-order valence-electron chi connectivity index (χ1n) is 6.82. The third-order valence-electron chi connectivity index (χ3n) is 3.36. The van der Waals surface area contributed by atoms with Crippen molar-refractivity contribution in [3.05, 3.63) is 0 Å². The normalized spacial score (nSPS) is 18.4. The van der Waals surface area contributed by atoms with E-state index in [2.05, 4.69) is 5.32 Å². The van der Waals surface area contributed by atoms with E-state index in [0.717, 1.165) is 12.8 Å². The van der Waals surface area contributed by atoms with Crippen LogP contribution in [0.3, 0.4) is 0 Å². The lowest BCUT2D eigenvalue weighted by Gasteiger charge is -2.31. The summed E-state index contributed by atoms with van der Waals surface area (Å²) in [7, 11) is -3.08. The number of alkyl halides is 1. The highest BCUT2D eigenvalue weighted by Gasteiger charge is 2.27. The number of unbranched alkanes of at least 4 members (excludes halogenated alkanes) is 1. The second kappa shape index (κ2) is 8.07. The molecule has 1 aliphatic heterocycles. The molecule has 1 fully saturated rings. The molecular weight excluding hydrogens is 288 g/mol. The van der Waals surface area contributed by atoms with Crippen LogP contribution in [0.1, 0.15) is 39.0 Å². The van der Waals surface area contributed by atoms with Crippen LogP contribution >= 0.6 is 11.6 Å². The Labute approximate surface area is 120 Å². The summed E-state index contributed by atoms with van der Waals surface area (Å²) in [6.07, 6.45) is 3.54. The van der Waals surface area contributed by atoms with E-state index in [0.29, 0.717) is 38.2 Å². The molecule has 0 radical (unpaired) electrons. The predicted molar refractivity (Wildman–Crippen MR) is 76.8 cm³/mol. The fourth-order valence-corrected chi connectivity index (χ4v) is 3.46. The highest BCUT2D eigenvalue weighted by Crippen LogP contribution is 2.14. The molecule has 1 aliphatic rings. The molecule has 7 heteroatoms. The van der Waals surface area contributed by atoms with Gasteiger partial charge in [0.1, 0.15) is 0 Å². The number of nitrogens with zero attached hydrogens (tertiary/aromatic N) is 1. The smallest absolute Gasteiger partial charge is 0.220 e. The van der Waals surface area contributed by atoms with Gasteiger partial charge in [-0.3, -0.25) is 4.79 Å². The molecule has 0 spiro atoms. The molecule has 1 saturated heterocycles. The topological polar surface area (TPSA) is 66.5 Å². The van der Waals surface area contributed by atoms with Gasteiger partial charge in [0.2, 0.25) is 15.9 Å². The molecule has 112 valence electrons. The fraction of sp³-hybridized carbons (Fsp3) is 0.917. The lowest BCUT2D eigenvalue weighted by Crippen LogP contribution is -2.46. The number of carbonyl (C=O) groups excluding carboxylic acids is 1. The molecular formula is C12H23ClN2O3S. The van der Waals surface area contributed by atoms with Gasteiger partial charge in [0, 0.05) is 31.4 Å². The summed E-state index contributed by atoms with van der Waals surface area (Å²) in [5, 5.41) is 2.96. The van der Waals surface area contributed by atoms with E-state index < -0.39 is 10.0 Å². The van der Waals surface area contributed by atoms with E-state index in [1.807, 2.05) is 0 Å². The van der Waals surface area contributed by atoms with E-state index in [4.69, 9.17) is 11.6 Å². The van der Waals surface area contributed by atoms with E-state index in [1.54, 1.807) is 6.92 Å². The van der Waals surface area contributed by atoms with Crippen LogP contribution in [0.5, 0.6) is 0 Å². The van der Waals surface area contributed by atoms with Gasteiger partial charge in [0.15, 0.2) is 0 Å². The van der Waals surface area contributed by atoms with Gasteiger partial charge in [-0.25, -0.2) is 12.7 Å². The number of halogens is 1. The number of rotatable bonds is 7. The van der Waals surface area contributed by atoms with E-state index in [9.17, 15) is 13.2 Å². The summed E-state index contributed by atoms with van der Waals surface area (Å²) in [6.45, 7) is 2.66. The van der Waals surface area contributed by atoms with Gasteiger partial charge < -0.3 is 5.32 Å². The largest absolute Gasteiger partial charge is 0.353 e. The van der Waals surface area contributed by atoms with Crippen LogP contribution < -0.4 is 5.32 Å². The van der Waals surface area contributed by atoms with E-state index in [-0.39, 0.29) is 17.7 Å². The molecule has 0 aliphatic carbocycles. The summed E-state index contributed by atoms with van der Waals surface area (Å²) in [4.78, 5) is 11.6. The Bertz CT molecular complexity index is 378. The van der Waals surface area contributed by atoms with Gasteiger partial charge in [-0.15, -0.1) is 11.6 Å². The number of hydrogen-bond donors (Lipinski definition) is 1. The van der Waals surface area contributed by atoms with Crippen molar-refractivity contribution >= 4 is 27.5 Å². The lowest BCUT2D eigenvalue weighted by atomic mass is 10.1. The summed E-state index contributed by atoms with van der Waals surface area (Å²) in [6, 6.07) is 0.104. The molecule has 0 bridgehead atoms. The average molecular weight is 311 g/mol. The number of amides is 1. The maximum atomic E-state index is 11.7. The molecule has 0 atom stereocenters. The van der Waals surface area contributed by atoms with Gasteiger partial charge >= 0.3 is 0 Å². The minimum atomic E-state index is -3.08. The Hall–Kier alpha value is -0.330. The van der Waals surface area contributed by atoms with Crippen molar-refractivity contribution < 1.29 is 13.2 Å². The van der Waals surface area contributed by atoms with Gasteiger partial charge in [-0.1, -0.05) is 0 Å². The maximum absolute atomic E-state index is 11.7. The molecule has 0 aromatic rings. The summed E-state index contributed by atoms with van der Waals surface area (Å²) < 4.78 is 24.9. The first-order chi connectivity index (χ1) is 8.99. The third-order valence-corrected chi connectivity index (χ3v) is 5.51. The number of nitrogens with one attached hydrogen (secondary N) is 1. The van der Waals surface area contributed by atoms with Gasteiger partial charge in [0.05, 0.1) is 5.75 Å². The van der Waals surface area contributed by atoms with Crippen LogP contribution in [0.25, 0.3) is 0 Å². The van der Waals surface area contributed by atoms with Crippen molar-refractivity contribution in [1.29, 1.82) is 0 Å². The number of carbonyl (C=O) groups is 1. The number of hydrogen-bond acceptors (Lipinski definition) is 3. The third kappa shape index (κ3) is 5.67. The number of sulfonamides is 1. The minimum absolute atomic E-state index is 0.0434. The Balaban J connectivity index is 2.28. The zero-order valence-corrected chi connectivity index (χ0v) is 13.0. The van der Waals surface area contributed by atoms with Crippen molar-refractivity contribution in [3.8, 4) is 0 Å². The van der Waals surface area contributed by atoms with Crippen molar-refractivity contribution in [2.24, 2.45) is 0 Å². The SMILES string of the molecule is CCS(=O)(=O)N1CCC(NC(=O)CCCCCl)CC1. The first-order valence-corrected chi connectivity index (χ1v) is 8.97. The Morgan fingerprint density at radius 2 is 1.95 bits per heavy atom. The van der Waals surface area contributed by atoms with Crippen molar-refractivity contribution in [3.63, 3.8) is 0 Å². The van der Waals surface area contributed by atoms with Crippen molar-refractivity contribution in [1.82, 2.24) is 9.62 Å². The standard InChI is InChI=1S/C12H23ClN2O3S/c1-2-19(17,18)15-9-6-11(7-10-15)14-12(16)5-3-4-8-13/h11H,2-10H2,1H3,(H,14,16). The van der Waals surface area contributed by atoms with Crippen LogP contribution in [0.2, 0.25) is 0 Å². The van der Waals surface area contributed by atoms with Gasteiger partial charge in [0.25, 0.3) is 0 Å². The summed E-state index contributed by atoms with van der Waals surface area (Å²) in [5.74, 6) is 0.769. The minimum Gasteiger partial charge on any atom is -0.353 e. The zero-order chi connectivity index (χ0) is 14.3. The Morgan fingerprint density at radius 3 is 2.47 bits per heavy atom. The fourth-order valence-electron chi connectivity index (χ4n) is 2.14. The Kier molecular flexibility index (Phi) is 7.10. The van der Waals surface area contributed by atoms with E-state index >= 15 is 0 Å². The molecule has 0 saturated carbocycles. The van der Waals surface area contributed by atoms with Gasteiger partial charge in [-0.05, 0) is 32.6 Å². The molecule has 0 aromatic carbocycles. The molecule has 5 nitrogen and oxygen atoms in total. The summed E-state index contributed by atoms with van der Waals surface area (Å²) >= 11 is 5.56. The zero-order valence-electron chi connectivity index (χ0n) is 11.4. The first kappa shape index (κ1) is 16.7. The molecule has 1 amide bonds. The maximum Gasteiger partial charge on any atom is 0.220 e. The lowest BCUT2D eigenvalue weighted by molar-refractivity contribution is -0.122. The second-order valence-corrected chi connectivity index (χ2v) is 7.42. The van der Waals surface area contributed by atoms with Crippen molar-refractivity contribution in [2.75, 3.05) is 24.7 Å². The van der Waals surface area contributed by atoms with Crippen LogP contribution in [0, 0.1) is 0 Å². The Morgan fingerprint density at radius 1 is 1.32 bits per heavy atom. The van der Waals surface area contributed by atoms with Gasteiger partial charge in [-0.2, -0.15) is 0 Å². The molecule has 19 heavy (non-hydrogen) atoms. The highest BCUT2D eigenvalue weighted by atomic mass is 35.5. The molecule has 1 heterocycles. The molecule has 1 rings (SSSR count). The monoisotopic (exact) mass is 310 g/mol. The van der Waals surface area contributed by atoms with Crippen molar-refractivity contribution in [2.45, 2.75) is 45.1 Å². The number of piperidine rings is 1. The van der Waals surface area contributed by atoms with Crippen LogP contribution in [-0.4, -0.2) is 49.4 Å². The average Bonchev–Trinajstić information content (AvgIpc) is 2.39. The highest BCUT2D eigenvalue weighted by molar-refractivity contribution is 7.89. The predicted octanol–water partition coefficient (Wildman–Crippen LogP) is 1.33. The molecule has 1 N–H and O–H groups in total. The second-order valence-electron chi connectivity index (χ2n) is 4.79.